The number of benzene rings is 1. The highest BCUT2D eigenvalue weighted by Gasteiger charge is 2.23. The van der Waals surface area contributed by atoms with Gasteiger partial charge in [0.15, 0.2) is 5.09 Å². The number of ether oxygens (including phenoxy) is 1. The monoisotopic (exact) mass is 419 g/mol. The van der Waals surface area contributed by atoms with Crippen LogP contribution in [0.4, 0.5) is 8.78 Å². The zero-order valence-electron chi connectivity index (χ0n) is 14.5. The minimum atomic E-state index is -0.720. The number of amides is 1. The maximum atomic E-state index is 14.0. The van der Waals surface area contributed by atoms with Crippen LogP contribution in [0.1, 0.15) is 10.5 Å². The minimum Gasteiger partial charge on any atom is -0.479 e. The third kappa shape index (κ3) is 4.02. The van der Waals surface area contributed by atoms with E-state index in [9.17, 15) is 13.6 Å². The maximum Gasteiger partial charge on any atom is 0.275 e. The first-order chi connectivity index (χ1) is 13.6. The molecule has 1 aromatic carbocycles. The van der Waals surface area contributed by atoms with Gasteiger partial charge in [0.2, 0.25) is 0 Å². The van der Waals surface area contributed by atoms with Crippen molar-refractivity contribution in [1.82, 2.24) is 15.6 Å². The van der Waals surface area contributed by atoms with Gasteiger partial charge in [0, 0.05) is 30.3 Å². The summed E-state index contributed by atoms with van der Waals surface area (Å²) in [5.74, 6) is -1.24. The average molecular weight is 419 g/mol. The van der Waals surface area contributed by atoms with E-state index in [2.05, 4.69) is 21.3 Å². The third-order valence-electron chi connectivity index (χ3n) is 4.04. The number of rotatable bonds is 5. The summed E-state index contributed by atoms with van der Waals surface area (Å²) in [7, 11) is 0. The van der Waals surface area contributed by atoms with Crippen LogP contribution in [0.15, 0.2) is 52.3 Å². The van der Waals surface area contributed by atoms with Crippen molar-refractivity contribution in [1.29, 1.82) is 0 Å². The van der Waals surface area contributed by atoms with Crippen LogP contribution < -0.4 is 10.6 Å². The van der Waals surface area contributed by atoms with Crippen LogP contribution in [0.5, 0.6) is 0 Å². The molecular formula is C19H15F2N3O2S2. The molecule has 5 nitrogen and oxygen atoms in total. The molecule has 0 radical (unpaired) electrons. The number of thioether (sulfide) groups is 1. The number of allylic oxidation sites excluding steroid dienone is 1. The molecule has 0 bridgehead atoms. The fourth-order valence-electron chi connectivity index (χ4n) is 2.51. The van der Waals surface area contributed by atoms with E-state index in [1.54, 1.807) is 6.08 Å². The van der Waals surface area contributed by atoms with Crippen LogP contribution in [-0.2, 0) is 4.74 Å². The van der Waals surface area contributed by atoms with Crippen molar-refractivity contribution in [3.63, 3.8) is 0 Å². The molecule has 1 amide bonds. The largest absolute Gasteiger partial charge is 0.479 e. The van der Waals surface area contributed by atoms with Gasteiger partial charge in [0.25, 0.3) is 5.91 Å². The predicted molar refractivity (Wildman–Crippen MR) is 105 cm³/mol. The second-order valence-electron chi connectivity index (χ2n) is 6.01. The molecular weight excluding hydrogens is 404 g/mol. The molecule has 0 aliphatic carbocycles. The second-order valence-corrected chi connectivity index (χ2v) is 7.86. The molecule has 28 heavy (non-hydrogen) atoms. The van der Waals surface area contributed by atoms with Crippen LogP contribution in [0, 0.1) is 11.6 Å². The fraction of sp³-hybridized carbons (Fsp3) is 0.211. The zero-order valence-corrected chi connectivity index (χ0v) is 16.1. The molecule has 4 rings (SSSR count). The highest BCUT2D eigenvalue weighted by Crippen LogP contribution is 2.29. The Hall–Kier alpha value is -2.45. The number of thiazole rings is 1. The van der Waals surface area contributed by atoms with Gasteiger partial charge in [-0.15, -0.1) is 17.1 Å². The molecule has 2 aliphatic heterocycles. The van der Waals surface area contributed by atoms with E-state index in [4.69, 9.17) is 4.74 Å². The average Bonchev–Trinajstić information content (AvgIpc) is 3.01. The van der Waals surface area contributed by atoms with E-state index in [1.165, 1.54) is 23.2 Å². The molecule has 144 valence electrons. The van der Waals surface area contributed by atoms with Crippen LogP contribution in [0.25, 0.3) is 10.6 Å². The number of carbonyl (C=O) groups is 1. The Morgan fingerprint density at radius 2 is 2.11 bits per heavy atom. The molecule has 2 aliphatic rings. The molecule has 2 aromatic rings. The van der Waals surface area contributed by atoms with Crippen molar-refractivity contribution in [3.05, 3.63) is 69.6 Å². The molecule has 9 heteroatoms. The summed E-state index contributed by atoms with van der Waals surface area (Å²) in [6.45, 7) is 1.51. The number of nitrogens with zero attached hydrogens (tertiary/aromatic N) is 1. The lowest BCUT2D eigenvalue weighted by Gasteiger charge is -2.29. The molecule has 1 fully saturated rings. The van der Waals surface area contributed by atoms with E-state index in [0.717, 1.165) is 36.6 Å². The number of aromatic nitrogens is 1. The Bertz CT molecular complexity index is 988. The first-order valence-corrected chi connectivity index (χ1v) is 10.3. The molecule has 2 N–H and O–H groups in total. The summed E-state index contributed by atoms with van der Waals surface area (Å²) in [6, 6.07) is 3.59. The topological polar surface area (TPSA) is 63.2 Å². The normalized spacial score (nSPS) is 16.6. The van der Waals surface area contributed by atoms with Crippen molar-refractivity contribution >= 4 is 29.0 Å². The Balaban J connectivity index is 1.56. The van der Waals surface area contributed by atoms with Gasteiger partial charge in [0.1, 0.15) is 28.4 Å². The van der Waals surface area contributed by atoms with Crippen LogP contribution in [0.2, 0.25) is 0 Å². The quantitative estimate of drug-likeness (QED) is 0.727. The number of carbonyl (C=O) groups excluding carboxylic acids is 1. The van der Waals surface area contributed by atoms with Crippen LogP contribution >= 0.6 is 23.1 Å². The van der Waals surface area contributed by atoms with Crippen LogP contribution in [-0.4, -0.2) is 35.8 Å². The third-order valence-corrected chi connectivity index (χ3v) is 5.81. The van der Waals surface area contributed by atoms with Gasteiger partial charge in [-0.05, 0) is 18.2 Å². The second kappa shape index (κ2) is 8.28. The van der Waals surface area contributed by atoms with Crippen LogP contribution in [0.3, 0.4) is 0 Å². The lowest BCUT2D eigenvalue weighted by atomic mass is 10.2. The summed E-state index contributed by atoms with van der Waals surface area (Å²) in [5.41, 5.74) is 3.31. The van der Waals surface area contributed by atoms with Gasteiger partial charge >= 0.3 is 0 Å². The Morgan fingerprint density at radius 1 is 1.32 bits per heavy atom. The summed E-state index contributed by atoms with van der Waals surface area (Å²) >= 11 is 2.47. The highest BCUT2D eigenvalue weighted by atomic mass is 32.2. The summed E-state index contributed by atoms with van der Waals surface area (Å²) in [4.78, 5) is 16.7. The lowest BCUT2D eigenvalue weighted by Crippen LogP contribution is -2.48. The van der Waals surface area contributed by atoms with Gasteiger partial charge in [-0.2, -0.15) is 0 Å². The van der Waals surface area contributed by atoms with E-state index < -0.39 is 17.5 Å². The molecule has 0 spiro atoms. The van der Waals surface area contributed by atoms with Gasteiger partial charge in [-0.25, -0.2) is 13.8 Å². The van der Waals surface area contributed by atoms with E-state index in [1.807, 2.05) is 6.08 Å². The van der Waals surface area contributed by atoms with Gasteiger partial charge in [-0.3, -0.25) is 4.79 Å². The summed E-state index contributed by atoms with van der Waals surface area (Å²) in [6.07, 6.45) is 3.55. The first-order valence-electron chi connectivity index (χ1n) is 8.48. The Morgan fingerprint density at radius 3 is 2.82 bits per heavy atom. The smallest absolute Gasteiger partial charge is 0.275 e. The summed E-state index contributed by atoms with van der Waals surface area (Å²) < 4.78 is 33.8. The lowest BCUT2D eigenvalue weighted by molar-refractivity contribution is 0.0836. The van der Waals surface area contributed by atoms with Crippen molar-refractivity contribution in [2.24, 2.45) is 0 Å². The highest BCUT2D eigenvalue weighted by molar-refractivity contribution is 8.03. The Kier molecular flexibility index (Phi) is 5.59. The Labute approximate surface area is 168 Å². The van der Waals surface area contributed by atoms with Crippen molar-refractivity contribution in [2.45, 2.75) is 6.10 Å². The van der Waals surface area contributed by atoms with Crippen molar-refractivity contribution < 1.29 is 18.3 Å². The maximum absolute atomic E-state index is 14.0. The molecule has 1 aromatic heterocycles. The standard InChI is InChI=1S/C19H15F2N3O2S2/c20-12-4-3-5-13(21)16(12)18-24-15(10-28-18)17(25)23-14-6-1-2-7-27-19(14)26-11-8-22-9-11/h2-6,10-11,22H,7-9H2,(H,23,25). The number of nitrogens with one attached hydrogen (secondary N) is 2. The van der Waals surface area contributed by atoms with E-state index in [0.29, 0.717) is 16.5 Å². The van der Waals surface area contributed by atoms with E-state index in [-0.39, 0.29) is 22.4 Å². The number of hydrogen-bond donors (Lipinski definition) is 2. The predicted octanol–water partition coefficient (Wildman–Crippen LogP) is 3.43. The van der Waals surface area contributed by atoms with Gasteiger partial charge in [0.05, 0.1) is 11.3 Å². The molecule has 1 saturated heterocycles. The van der Waals surface area contributed by atoms with Crippen molar-refractivity contribution in [3.8, 4) is 10.6 Å². The molecule has 0 unspecified atom stereocenters. The fourth-order valence-corrected chi connectivity index (χ4v) is 4.15. The van der Waals surface area contributed by atoms with E-state index >= 15 is 0 Å². The van der Waals surface area contributed by atoms with Crippen molar-refractivity contribution in [2.75, 3.05) is 18.8 Å². The minimum absolute atomic E-state index is 0.0656. The molecule has 3 heterocycles. The number of halogens is 2. The van der Waals surface area contributed by atoms with Gasteiger partial charge < -0.3 is 15.4 Å². The zero-order chi connectivity index (χ0) is 19.5. The SMILES string of the molecule is O=C(NC1=C(OC2CNC2)SCC=C=C1)c1csc(-c2c(F)cccc2F)n1. The number of hydrogen-bond acceptors (Lipinski definition) is 6. The summed E-state index contributed by atoms with van der Waals surface area (Å²) in [5, 5.41) is 8.08. The molecule has 0 saturated carbocycles. The molecule has 0 atom stereocenters. The van der Waals surface area contributed by atoms with Gasteiger partial charge in [-0.1, -0.05) is 17.8 Å². The first kappa shape index (κ1) is 18.9.